The monoisotopic (exact) mass is 297 g/mol. The summed E-state index contributed by atoms with van der Waals surface area (Å²) in [5.74, 6) is -0.601. The van der Waals surface area contributed by atoms with E-state index in [2.05, 4.69) is 5.32 Å². The number of anilines is 1. The molecular weight excluding hydrogens is 284 g/mol. The van der Waals surface area contributed by atoms with E-state index in [0.717, 1.165) is 11.6 Å². The largest absolute Gasteiger partial charge is 0.495 e. The third-order valence-electron chi connectivity index (χ3n) is 2.97. The molecule has 5 heteroatoms. The Morgan fingerprint density at radius 3 is 2.60 bits per heavy atom. The van der Waals surface area contributed by atoms with Crippen molar-refractivity contribution >= 4 is 17.3 Å². The van der Waals surface area contributed by atoms with Crippen LogP contribution < -0.4 is 10.1 Å². The van der Waals surface area contributed by atoms with Crippen molar-refractivity contribution < 1.29 is 13.5 Å². The van der Waals surface area contributed by atoms with E-state index < -0.39 is 11.6 Å². The fourth-order valence-corrected chi connectivity index (χ4v) is 1.98. The van der Waals surface area contributed by atoms with Crippen LogP contribution in [0, 0.1) is 18.6 Å². The van der Waals surface area contributed by atoms with Crippen molar-refractivity contribution in [2.45, 2.75) is 13.5 Å². The summed E-state index contributed by atoms with van der Waals surface area (Å²) in [5.41, 5.74) is 1.97. The molecule has 0 spiro atoms. The summed E-state index contributed by atoms with van der Waals surface area (Å²) in [7, 11) is 1.53. The molecule has 0 aromatic heterocycles. The molecule has 0 aliphatic carbocycles. The van der Waals surface area contributed by atoms with Crippen LogP contribution in [0.5, 0.6) is 5.75 Å². The summed E-state index contributed by atoms with van der Waals surface area (Å²) in [4.78, 5) is 0. The normalized spacial score (nSPS) is 10.4. The summed E-state index contributed by atoms with van der Waals surface area (Å²) < 4.78 is 31.6. The van der Waals surface area contributed by atoms with Crippen LogP contribution in [0.25, 0.3) is 0 Å². The van der Waals surface area contributed by atoms with Gasteiger partial charge in [0.05, 0.1) is 12.8 Å². The summed E-state index contributed by atoms with van der Waals surface area (Å²) in [6.45, 7) is 2.09. The second kappa shape index (κ2) is 6.09. The zero-order chi connectivity index (χ0) is 14.7. The first-order valence-electron chi connectivity index (χ1n) is 6.03. The van der Waals surface area contributed by atoms with Crippen LogP contribution >= 0.6 is 11.6 Å². The Labute approximate surface area is 121 Å². The number of halogens is 3. The van der Waals surface area contributed by atoms with Crippen LogP contribution in [0.2, 0.25) is 5.02 Å². The number of rotatable bonds is 4. The van der Waals surface area contributed by atoms with Crippen LogP contribution in [-0.4, -0.2) is 7.11 Å². The lowest BCUT2D eigenvalue weighted by Gasteiger charge is -2.13. The van der Waals surface area contributed by atoms with E-state index in [-0.39, 0.29) is 6.54 Å². The van der Waals surface area contributed by atoms with Gasteiger partial charge in [-0.3, -0.25) is 0 Å². The van der Waals surface area contributed by atoms with Gasteiger partial charge in [0, 0.05) is 29.3 Å². The van der Waals surface area contributed by atoms with Crippen molar-refractivity contribution in [2.24, 2.45) is 0 Å². The number of ether oxygens (including phenoxy) is 1. The average molecular weight is 298 g/mol. The van der Waals surface area contributed by atoms with Crippen molar-refractivity contribution in [3.05, 3.63) is 58.1 Å². The lowest BCUT2D eigenvalue weighted by molar-refractivity contribution is 0.416. The highest BCUT2D eigenvalue weighted by Crippen LogP contribution is 2.31. The van der Waals surface area contributed by atoms with Crippen LogP contribution in [0.3, 0.4) is 0 Å². The molecule has 0 atom stereocenters. The first-order valence-corrected chi connectivity index (χ1v) is 6.41. The van der Waals surface area contributed by atoms with Gasteiger partial charge in [0.25, 0.3) is 0 Å². The Hall–Kier alpha value is -1.81. The van der Waals surface area contributed by atoms with Crippen molar-refractivity contribution in [2.75, 3.05) is 12.4 Å². The predicted octanol–water partition coefficient (Wildman–Crippen LogP) is 4.55. The van der Waals surface area contributed by atoms with Gasteiger partial charge in [-0.25, -0.2) is 8.78 Å². The SMILES string of the molecule is COc1cc(Cl)c(C)cc1NCc1ccc(F)cc1F. The van der Waals surface area contributed by atoms with Crippen molar-refractivity contribution in [3.63, 3.8) is 0 Å². The first-order chi connectivity index (χ1) is 9.51. The maximum absolute atomic E-state index is 13.5. The maximum atomic E-state index is 13.5. The highest BCUT2D eigenvalue weighted by atomic mass is 35.5. The molecule has 0 bridgehead atoms. The molecule has 2 nitrogen and oxygen atoms in total. The van der Waals surface area contributed by atoms with Crippen LogP contribution in [-0.2, 0) is 6.54 Å². The van der Waals surface area contributed by atoms with E-state index >= 15 is 0 Å². The van der Waals surface area contributed by atoms with Gasteiger partial charge in [-0.2, -0.15) is 0 Å². The molecule has 0 unspecified atom stereocenters. The number of hydrogen-bond acceptors (Lipinski definition) is 2. The molecule has 2 rings (SSSR count). The Balaban J connectivity index is 2.20. The minimum absolute atomic E-state index is 0.226. The van der Waals surface area contributed by atoms with E-state index in [1.54, 1.807) is 6.07 Å². The van der Waals surface area contributed by atoms with Gasteiger partial charge in [-0.1, -0.05) is 17.7 Å². The molecule has 20 heavy (non-hydrogen) atoms. The molecule has 0 aliphatic heterocycles. The highest BCUT2D eigenvalue weighted by Gasteiger charge is 2.08. The fourth-order valence-electron chi connectivity index (χ4n) is 1.83. The van der Waals surface area contributed by atoms with Crippen molar-refractivity contribution in [3.8, 4) is 5.75 Å². The number of nitrogens with one attached hydrogen (secondary N) is 1. The second-order valence-electron chi connectivity index (χ2n) is 4.39. The Morgan fingerprint density at radius 1 is 1.20 bits per heavy atom. The lowest BCUT2D eigenvalue weighted by atomic mass is 10.1. The van der Waals surface area contributed by atoms with Crippen molar-refractivity contribution in [1.29, 1.82) is 0 Å². The van der Waals surface area contributed by atoms with Gasteiger partial charge in [-0.15, -0.1) is 0 Å². The molecule has 0 saturated heterocycles. The topological polar surface area (TPSA) is 21.3 Å². The zero-order valence-electron chi connectivity index (χ0n) is 11.1. The fraction of sp³-hybridized carbons (Fsp3) is 0.200. The second-order valence-corrected chi connectivity index (χ2v) is 4.80. The predicted molar refractivity (Wildman–Crippen MR) is 76.4 cm³/mol. The number of methoxy groups -OCH3 is 1. The molecule has 0 heterocycles. The van der Waals surface area contributed by atoms with E-state index in [1.165, 1.54) is 19.2 Å². The third kappa shape index (κ3) is 3.20. The number of benzene rings is 2. The van der Waals surface area contributed by atoms with E-state index in [0.29, 0.717) is 22.0 Å². The van der Waals surface area contributed by atoms with E-state index in [1.807, 2.05) is 13.0 Å². The van der Waals surface area contributed by atoms with Gasteiger partial charge in [-0.05, 0) is 24.6 Å². The molecule has 0 amide bonds. The molecule has 2 aromatic rings. The Bertz CT molecular complexity index is 632. The smallest absolute Gasteiger partial charge is 0.143 e. The molecular formula is C15H14ClF2NO. The summed E-state index contributed by atoms with van der Waals surface area (Å²) >= 11 is 6.01. The highest BCUT2D eigenvalue weighted by molar-refractivity contribution is 6.31. The van der Waals surface area contributed by atoms with Crippen LogP contribution in [0.15, 0.2) is 30.3 Å². The van der Waals surface area contributed by atoms with Crippen LogP contribution in [0.1, 0.15) is 11.1 Å². The van der Waals surface area contributed by atoms with Gasteiger partial charge in [0.2, 0.25) is 0 Å². The minimum atomic E-state index is -0.592. The minimum Gasteiger partial charge on any atom is -0.495 e. The lowest BCUT2D eigenvalue weighted by Crippen LogP contribution is -2.04. The Morgan fingerprint density at radius 2 is 1.95 bits per heavy atom. The number of aryl methyl sites for hydroxylation is 1. The third-order valence-corrected chi connectivity index (χ3v) is 3.37. The standard InChI is InChI=1S/C15H14ClF2NO/c1-9-5-14(15(20-2)7-12(9)16)19-8-10-3-4-11(17)6-13(10)18/h3-7,19H,8H2,1-2H3. The molecule has 0 saturated carbocycles. The Kier molecular flexibility index (Phi) is 4.45. The summed E-state index contributed by atoms with van der Waals surface area (Å²) in [5, 5.41) is 3.66. The van der Waals surface area contributed by atoms with E-state index in [4.69, 9.17) is 16.3 Å². The average Bonchev–Trinajstić information content (AvgIpc) is 2.41. The van der Waals surface area contributed by atoms with Crippen molar-refractivity contribution in [1.82, 2.24) is 0 Å². The first kappa shape index (κ1) is 14.6. The molecule has 2 aromatic carbocycles. The summed E-state index contributed by atoms with van der Waals surface area (Å²) in [6.07, 6.45) is 0. The van der Waals surface area contributed by atoms with Gasteiger partial charge < -0.3 is 10.1 Å². The summed E-state index contributed by atoms with van der Waals surface area (Å²) in [6, 6.07) is 7.02. The van der Waals surface area contributed by atoms with Gasteiger partial charge in [0.1, 0.15) is 17.4 Å². The molecule has 1 N–H and O–H groups in total. The molecule has 0 radical (unpaired) electrons. The quantitative estimate of drug-likeness (QED) is 0.894. The van der Waals surface area contributed by atoms with Gasteiger partial charge in [0.15, 0.2) is 0 Å². The molecule has 106 valence electrons. The van der Waals surface area contributed by atoms with Gasteiger partial charge >= 0.3 is 0 Å². The van der Waals surface area contributed by atoms with Crippen LogP contribution in [0.4, 0.5) is 14.5 Å². The molecule has 0 aliphatic rings. The molecule has 0 fully saturated rings. The van der Waals surface area contributed by atoms with E-state index in [9.17, 15) is 8.78 Å². The number of hydrogen-bond donors (Lipinski definition) is 1. The maximum Gasteiger partial charge on any atom is 0.143 e. The zero-order valence-corrected chi connectivity index (χ0v) is 11.9.